The number of anilines is 1. The number of fused-ring (bicyclic) bond motifs is 2. The summed E-state index contributed by atoms with van der Waals surface area (Å²) in [6, 6.07) is 6.90. The van der Waals surface area contributed by atoms with Crippen LogP contribution in [-0.4, -0.2) is 57.7 Å². The number of rotatable bonds is 3. The van der Waals surface area contributed by atoms with E-state index < -0.39 is 18.6 Å². The molecule has 9 heteroatoms. The molecule has 0 bridgehead atoms. The number of carbonyl (C=O) groups is 1. The third-order valence-electron chi connectivity index (χ3n) is 6.63. The highest BCUT2D eigenvalue weighted by Gasteiger charge is 2.39. The van der Waals surface area contributed by atoms with Crippen molar-refractivity contribution in [1.29, 1.82) is 0 Å². The summed E-state index contributed by atoms with van der Waals surface area (Å²) in [4.78, 5) is 19.1. The first-order chi connectivity index (χ1) is 14.6. The molecule has 0 aliphatic carbocycles. The van der Waals surface area contributed by atoms with Gasteiger partial charge in [0.15, 0.2) is 6.10 Å². The lowest BCUT2D eigenvalue weighted by atomic mass is 9.85. The molecule has 0 spiro atoms. The number of ether oxygens (including phenoxy) is 1. The van der Waals surface area contributed by atoms with Crippen molar-refractivity contribution in [2.24, 2.45) is 5.92 Å². The quantitative estimate of drug-likeness (QED) is 0.832. The Morgan fingerprint density at radius 1 is 1.23 bits per heavy atom. The van der Waals surface area contributed by atoms with E-state index in [1.807, 2.05) is 23.1 Å². The van der Waals surface area contributed by atoms with Crippen LogP contribution in [0.3, 0.4) is 0 Å². The molecule has 4 heterocycles. The molecular weight excluding hydrogens is 392 g/mol. The number of benzene rings is 1. The first kappa shape index (κ1) is 19.4. The molecule has 1 amide bonds. The van der Waals surface area contributed by atoms with E-state index in [0.29, 0.717) is 32.1 Å². The van der Waals surface area contributed by atoms with Crippen molar-refractivity contribution in [2.75, 3.05) is 25.0 Å². The van der Waals surface area contributed by atoms with Crippen molar-refractivity contribution < 1.29 is 18.3 Å². The molecule has 3 aliphatic rings. The van der Waals surface area contributed by atoms with Gasteiger partial charge in [0.25, 0.3) is 12.3 Å². The zero-order valence-corrected chi connectivity index (χ0v) is 16.6. The number of hydrogen-bond acceptors (Lipinski definition) is 5. The van der Waals surface area contributed by atoms with Crippen LogP contribution in [0.15, 0.2) is 30.6 Å². The molecule has 0 unspecified atom stereocenters. The highest BCUT2D eigenvalue weighted by molar-refractivity contribution is 5.83. The van der Waals surface area contributed by atoms with Gasteiger partial charge in [0.2, 0.25) is 5.95 Å². The Morgan fingerprint density at radius 2 is 2.03 bits per heavy atom. The van der Waals surface area contributed by atoms with Crippen molar-refractivity contribution in [3.05, 3.63) is 41.7 Å². The molecule has 1 aromatic carbocycles. The van der Waals surface area contributed by atoms with Gasteiger partial charge in [0.05, 0.1) is 6.61 Å². The van der Waals surface area contributed by atoms with Crippen LogP contribution in [-0.2, 0) is 16.0 Å². The molecule has 1 fully saturated rings. The minimum absolute atomic E-state index is 0.00223. The first-order valence-corrected chi connectivity index (χ1v) is 10.5. The molecule has 5 rings (SSSR count). The van der Waals surface area contributed by atoms with E-state index >= 15 is 0 Å². The van der Waals surface area contributed by atoms with Crippen LogP contribution in [0.2, 0.25) is 0 Å². The van der Waals surface area contributed by atoms with Gasteiger partial charge in [-0.1, -0.05) is 24.3 Å². The Bertz CT molecular complexity index is 912. The predicted octanol–water partition coefficient (Wildman–Crippen LogP) is 2.82. The van der Waals surface area contributed by atoms with Gasteiger partial charge in [0.1, 0.15) is 12.4 Å². The van der Waals surface area contributed by atoms with Crippen molar-refractivity contribution >= 4 is 11.9 Å². The molecule has 30 heavy (non-hydrogen) atoms. The Balaban J connectivity index is 1.24. The molecule has 3 aliphatic heterocycles. The lowest BCUT2D eigenvalue weighted by molar-refractivity contribution is -0.146. The van der Waals surface area contributed by atoms with Crippen molar-refractivity contribution in [1.82, 2.24) is 19.7 Å². The van der Waals surface area contributed by atoms with Crippen LogP contribution in [0.1, 0.15) is 42.5 Å². The number of alkyl halides is 2. The second-order valence-electron chi connectivity index (χ2n) is 8.28. The fourth-order valence-electron chi connectivity index (χ4n) is 4.99. The molecule has 1 saturated heterocycles. The maximum atomic E-state index is 13.5. The summed E-state index contributed by atoms with van der Waals surface area (Å²) in [6.45, 7) is 1.76. The van der Waals surface area contributed by atoms with E-state index in [4.69, 9.17) is 4.74 Å². The van der Waals surface area contributed by atoms with Gasteiger partial charge >= 0.3 is 0 Å². The molecule has 1 N–H and O–H groups in total. The summed E-state index contributed by atoms with van der Waals surface area (Å²) in [5.74, 6) is 0.616. The van der Waals surface area contributed by atoms with Crippen molar-refractivity contribution in [2.45, 2.75) is 50.3 Å². The first-order valence-electron chi connectivity index (χ1n) is 10.5. The Labute approximate surface area is 173 Å². The van der Waals surface area contributed by atoms with E-state index in [0.717, 1.165) is 24.8 Å². The van der Waals surface area contributed by atoms with Crippen LogP contribution in [0.4, 0.5) is 14.7 Å². The van der Waals surface area contributed by atoms with E-state index in [1.165, 1.54) is 16.6 Å². The zero-order valence-electron chi connectivity index (χ0n) is 16.6. The molecule has 160 valence electrons. The minimum atomic E-state index is -2.49. The summed E-state index contributed by atoms with van der Waals surface area (Å²) < 4.78 is 34.2. The maximum absolute atomic E-state index is 13.5. The van der Waals surface area contributed by atoms with Crippen LogP contribution >= 0.6 is 0 Å². The number of piperidine rings is 1. The highest BCUT2D eigenvalue weighted by atomic mass is 19.3. The Morgan fingerprint density at radius 3 is 2.83 bits per heavy atom. The van der Waals surface area contributed by atoms with E-state index in [9.17, 15) is 13.6 Å². The average molecular weight is 417 g/mol. The fraction of sp³-hybridized carbons (Fsp3) is 0.571. The maximum Gasteiger partial charge on any atom is 0.260 e. The molecule has 0 saturated carbocycles. The SMILES string of the molecule is O=C([C@H]1OCCc2ccccc21)N1CCC([C@@H]2C[C@H](C(F)F)n3ncnc3N2)CC1. The number of carbonyl (C=O) groups excluding carboxylic acids is 1. The highest BCUT2D eigenvalue weighted by Crippen LogP contribution is 2.36. The molecule has 2 aromatic rings. The third kappa shape index (κ3) is 3.45. The number of amides is 1. The molecule has 7 nitrogen and oxygen atoms in total. The Kier molecular flexibility index (Phi) is 5.14. The molecular formula is C21H25F2N5O2. The predicted molar refractivity (Wildman–Crippen MR) is 105 cm³/mol. The lowest BCUT2D eigenvalue weighted by Gasteiger charge is -2.41. The Hall–Kier alpha value is -2.55. The van der Waals surface area contributed by atoms with Crippen LogP contribution in [0.25, 0.3) is 0 Å². The summed E-state index contributed by atoms with van der Waals surface area (Å²) in [6.07, 6.45) is 0.950. The second-order valence-corrected chi connectivity index (χ2v) is 8.28. The third-order valence-corrected chi connectivity index (χ3v) is 6.63. The fourth-order valence-corrected chi connectivity index (χ4v) is 4.99. The van der Waals surface area contributed by atoms with Gasteiger partial charge < -0.3 is 15.0 Å². The summed E-state index contributed by atoms with van der Waals surface area (Å²) in [5, 5.41) is 7.22. The summed E-state index contributed by atoms with van der Waals surface area (Å²) >= 11 is 0. The van der Waals surface area contributed by atoms with Gasteiger partial charge in [-0.05, 0) is 42.7 Å². The smallest absolute Gasteiger partial charge is 0.260 e. The van der Waals surface area contributed by atoms with Crippen LogP contribution in [0, 0.1) is 5.92 Å². The normalized spacial score (nSPS) is 26.8. The van der Waals surface area contributed by atoms with Gasteiger partial charge in [-0.25, -0.2) is 13.5 Å². The number of hydrogen-bond donors (Lipinski definition) is 1. The van der Waals surface area contributed by atoms with Crippen LogP contribution in [0.5, 0.6) is 0 Å². The monoisotopic (exact) mass is 417 g/mol. The van der Waals surface area contributed by atoms with Crippen LogP contribution < -0.4 is 5.32 Å². The van der Waals surface area contributed by atoms with Gasteiger partial charge in [-0.2, -0.15) is 10.1 Å². The van der Waals surface area contributed by atoms with Crippen molar-refractivity contribution in [3.63, 3.8) is 0 Å². The van der Waals surface area contributed by atoms with Crippen molar-refractivity contribution in [3.8, 4) is 0 Å². The average Bonchev–Trinajstić information content (AvgIpc) is 3.26. The van der Waals surface area contributed by atoms with E-state index in [-0.39, 0.29) is 17.9 Å². The minimum Gasteiger partial charge on any atom is -0.363 e. The number of halogens is 2. The number of aromatic nitrogens is 3. The van der Waals surface area contributed by atoms with Gasteiger partial charge in [-0.15, -0.1) is 0 Å². The van der Waals surface area contributed by atoms with E-state index in [2.05, 4.69) is 21.5 Å². The molecule has 3 atom stereocenters. The lowest BCUT2D eigenvalue weighted by Crippen LogP contribution is -2.47. The second kappa shape index (κ2) is 7.94. The molecule has 1 aromatic heterocycles. The number of likely N-dealkylation sites (tertiary alicyclic amines) is 1. The topological polar surface area (TPSA) is 72.3 Å². The number of nitrogens with zero attached hydrogens (tertiary/aromatic N) is 4. The van der Waals surface area contributed by atoms with Gasteiger partial charge in [-0.3, -0.25) is 4.79 Å². The summed E-state index contributed by atoms with van der Waals surface area (Å²) in [5.41, 5.74) is 2.13. The zero-order chi connectivity index (χ0) is 20.7. The van der Waals surface area contributed by atoms with Gasteiger partial charge in [0, 0.05) is 19.1 Å². The largest absolute Gasteiger partial charge is 0.363 e. The number of nitrogens with one attached hydrogen (secondary N) is 1. The van der Waals surface area contributed by atoms with E-state index in [1.54, 1.807) is 0 Å². The summed E-state index contributed by atoms with van der Waals surface area (Å²) in [7, 11) is 0. The standard InChI is InChI=1S/C21H25F2N5O2/c22-19(23)17-11-16(26-21-24-12-25-28(17)21)14-5-8-27(9-6-14)20(29)18-15-4-2-1-3-13(15)7-10-30-18/h1-4,12,14,16-19H,5-11H2,(H,24,25,26)/t16-,17+,18-/m0/s1. The molecule has 0 radical (unpaired) electrons.